The summed E-state index contributed by atoms with van der Waals surface area (Å²) in [5, 5.41) is 5.43. The van der Waals surface area contributed by atoms with Gasteiger partial charge in [-0.05, 0) is 56.3 Å². The van der Waals surface area contributed by atoms with E-state index in [-0.39, 0.29) is 17.1 Å². The molecular weight excluding hydrogens is 352 g/mol. The quantitative estimate of drug-likeness (QED) is 0.804. The molecule has 0 saturated carbocycles. The number of carbonyl (C=O) groups is 3. The lowest BCUT2D eigenvalue weighted by atomic mass is 10.1. The Balaban J connectivity index is 1.71. The topological polar surface area (TPSA) is 84.5 Å². The third-order valence-corrected chi connectivity index (χ3v) is 5.00. The van der Waals surface area contributed by atoms with Crippen LogP contribution in [-0.4, -0.2) is 29.6 Å². The Morgan fingerprint density at radius 1 is 1.15 bits per heavy atom. The van der Waals surface area contributed by atoms with Crippen LogP contribution in [0.1, 0.15) is 34.6 Å². The number of fused-ring (bicyclic) bond motifs is 1. The molecule has 134 valence electrons. The third kappa shape index (κ3) is 3.88. The molecule has 6 nitrogen and oxygen atoms in total. The molecule has 0 radical (unpaired) electrons. The van der Waals surface area contributed by atoms with Crippen LogP contribution < -0.4 is 10.6 Å². The summed E-state index contributed by atoms with van der Waals surface area (Å²) in [7, 11) is 0. The Bertz CT molecular complexity index is 864. The van der Waals surface area contributed by atoms with Crippen LogP contribution in [0.4, 0.5) is 11.4 Å². The predicted molar refractivity (Wildman–Crippen MR) is 101 cm³/mol. The lowest BCUT2D eigenvalue weighted by molar-refractivity contribution is -0.115. The van der Waals surface area contributed by atoms with E-state index in [1.54, 1.807) is 43.3 Å². The minimum absolute atomic E-state index is 0.0744. The zero-order valence-corrected chi connectivity index (χ0v) is 15.2. The van der Waals surface area contributed by atoms with Crippen LogP contribution in [-0.2, 0) is 9.53 Å². The molecular formula is C19H18N2O4S. The summed E-state index contributed by atoms with van der Waals surface area (Å²) in [5.41, 5.74) is 2.07. The SMILES string of the molecule is CCOC(=O)c1ccc(NC(=O)c2ccc3c(c2)NC(=O)[C@H](C)S3)cc1. The number of nitrogens with one attached hydrogen (secondary N) is 2. The lowest BCUT2D eigenvalue weighted by Crippen LogP contribution is -2.26. The highest BCUT2D eigenvalue weighted by Crippen LogP contribution is 2.36. The number of benzene rings is 2. The first-order valence-corrected chi connectivity index (χ1v) is 9.06. The highest BCUT2D eigenvalue weighted by molar-refractivity contribution is 8.00. The van der Waals surface area contributed by atoms with E-state index in [0.717, 1.165) is 4.90 Å². The van der Waals surface area contributed by atoms with Gasteiger partial charge in [0, 0.05) is 16.1 Å². The molecule has 2 aromatic rings. The molecule has 2 aromatic carbocycles. The maximum Gasteiger partial charge on any atom is 0.338 e. The van der Waals surface area contributed by atoms with Gasteiger partial charge in [0.05, 0.1) is 23.1 Å². The normalized spacial score (nSPS) is 15.6. The minimum Gasteiger partial charge on any atom is -0.462 e. The first kappa shape index (κ1) is 18.0. The van der Waals surface area contributed by atoms with Gasteiger partial charge in [-0.25, -0.2) is 4.79 Å². The van der Waals surface area contributed by atoms with Crippen LogP contribution in [0.2, 0.25) is 0 Å². The van der Waals surface area contributed by atoms with E-state index in [4.69, 9.17) is 4.74 Å². The highest BCUT2D eigenvalue weighted by Gasteiger charge is 2.23. The second-order valence-electron chi connectivity index (χ2n) is 5.71. The van der Waals surface area contributed by atoms with Crippen LogP contribution in [0, 0.1) is 0 Å². The molecule has 0 saturated heterocycles. The van der Waals surface area contributed by atoms with Crippen molar-refractivity contribution in [1.29, 1.82) is 0 Å². The summed E-state index contributed by atoms with van der Waals surface area (Å²) in [5.74, 6) is -0.772. The van der Waals surface area contributed by atoms with Crippen molar-refractivity contribution in [3.8, 4) is 0 Å². The Morgan fingerprint density at radius 3 is 2.54 bits per heavy atom. The lowest BCUT2D eigenvalue weighted by Gasteiger charge is -2.21. The molecule has 2 N–H and O–H groups in total. The van der Waals surface area contributed by atoms with Crippen molar-refractivity contribution in [2.24, 2.45) is 0 Å². The first-order chi connectivity index (χ1) is 12.5. The second kappa shape index (κ2) is 7.61. The molecule has 7 heteroatoms. The summed E-state index contributed by atoms with van der Waals surface area (Å²) in [4.78, 5) is 36.8. The summed E-state index contributed by atoms with van der Waals surface area (Å²) in [6, 6.07) is 11.7. The molecule has 2 amide bonds. The molecule has 0 aliphatic carbocycles. The molecule has 0 fully saturated rings. The smallest absolute Gasteiger partial charge is 0.338 e. The molecule has 0 bridgehead atoms. The summed E-state index contributed by atoms with van der Waals surface area (Å²) in [6.07, 6.45) is 0. The van der Waals surface area contributed by atoms with Crippen molar-refractivity contribution < 1.29 is 19.1 Å². The summed E-state index contributed by atoms with van der Waals surface area (Å²) >= 11 is 1.47. The number of rotatable bonds is 4. The minimum atomic E-state index is -0.400. The van der Waals surface area contributed by atoms with Gasteiger partial charge in [-0.3, -0.25) is 9.59 Å². The Labute approximate surface area is 155 Å². The molecule has 0 unspecified atom stereocenters. The van der Waals surface area contributed by atoms with Crippen molar-refractivity contribution in [2.75, 3.05) is 17.2 Å². The fraction of sp³-hybridized carbons (Fsp3) is 0.211. The molecule has 1 aliphatic heterocycles. The Kier molecular flexibility index (Phi) is 5.27. The van der Waals surface area contributed by atoms with Gasteiger partial charge in [0.2, 0.25) is 5.91 Å². The monoisotopic (exact) mass is 370 g/mol. The van der Waals surface area contributed by atoms with Crippen LogP contribution in [0.3, 0.4) is 0 Å². The van der Waals surface area contributed by atoms with Crippen molar-refractivity contribution in [1.82, 2.24) is 0 Å². The van der Waals surface area contributed by atoms with E-state index in [1.807, 2.05) is 13.0 Å². The molecule has 3 rings (SSSR count). The van der Waals surface area contributed by atoms with E-state index >= 15 is 0 Å². The number of carbonyl (C=O) groups excluding carboxylic acids is 3. The van der Waals surface area contributed by atoms with Crippen LogP contribution in [0.5, 0.6) is 0 Å². The largest absolute Gasteiger partial charge is 0.462 e. The summed E-state index contributed by atoms with van der Waals surface area (Å²) in [6.45, 7) is 3.89. The number of amides is 2. The van der Waals surface area contributed by atoms with E-state index in [9.17, 15) is 14.4 Å². The maximum atomic E-state index is 12.4. The van der Waals surface area contributed by atoms with Gasteiger partial charge in [0.15, 0.2) is 0 Å². The van der Waals surface area contributed by atoms with E-state index in [1.165, 1.54) is 11.8 Å². The Hall–Kier alpha value is -2.80. The van der Waals surface area contributed by atoms with Gasteiger partial charge in [-0.2, -0.15) is 0 Å². The average molecular weight is 370 g/mol. The molecule has 26 heavy (non-hydrogen) atoms. The van der Waals surface area contributed by atoms with Gasteiger partial charge in [0.1, 0.15) is 0 Å². The van der Waals surface area contributed by atoms with E-state index in [0.29, 0.717) is 29.1 Å². The number of ether oxygens (including phenoxy) is 1. The van der Waals surface area contributed by atoms with Crippen molar-refractivity contribution in [3.05, 3.63) is 53.6 Å². The highest BCUT2D eigenvalue weighted by atomic mass is 32.2. The third-order valence-electron chi connectivity index (χ3n) is 3.83. The van der Waals surface area contributed by atoms with Crippen molar-refractivity contribution in [2.45, 2.75) is 24.0 Å². The molecule has 1 heterocycles. The average Bonchev–Trinajstić information content (AvgIpc) is 2.63. The van der Waals surface area contributed by atoms with Gasteiger partial charge in [0.25, 0.3) is 5.91 Å². The van der Waals surface area contributed by atoms with Crippen LogP contribution in [0.25, 0.3) is 0 Å². The van der Waals surface area contributed by atoms with Crippen molar-refractivity contribution in [3.63, 3.8) is 0 Å². The van der Waals surface area contributed by atoms with Crippen LogP contribution >= 0.6 is 11.8 Å². The number of hydrogen-bond donors (Lipinski definition) is 2. The van der Waals surface area contributed by atoms with Gasteiger partial charge < -0.3 is 15.4 Å². The fourth-order valence-electron chi connectivity index (χ4n) is 2.46. The predicted octanol–water partition coefficient (Wildman–Crippen LogP) is 3.55. The standard InChI is InChI=1S/C19H18N2O4S/c1-3-25-19(24)12-4-7-14(8-5-12)20-18(23)13-6-9-16-15(10-13)21-17(22)11(2)26-16/h4-11H,3H2,1-2H3,(H,20,23)(H,21,22)/t11-/m0/s1. The van der Waals surface area contributed by atoms with Gasteiger partial charge in [-0.15, -0.1) is 11.8 Å². The Morgan fingerprint density at radius 2 is 1.85 bits per heavy atom. The first-order valence-electron chi connectivity index (χ1n) is 8.18. The number of thioether (sulfide) groups is 1. The van der Waals surface area contributed by atoms with E-state index < -0.39 is 5.97 Å². The number of hydrogen-bond acceptors (Lipinski definition) is 5. The fourth-order valence-corrected chi connectivity index (χ4v) is 3.39. The van der Waals surface area contributed by atoms with Crippen molar-refractivity contribution >= 4 is 40.9 Å². The maximum absolute atomic E-state index is 12.4. The zero-order valence-electron chi connectivity index (χ0n) is 14.4. The summed E-state index contributed by atoms with van der Waals surface area (Å²) < 4.78 is 4.92. The number of anilines is 2. The van der Waals surface area contributed by atoms with E-state index in [2.05, 4.69) is 10.6 Å². The molecule has 0 aromatic heterocycles. The molecule has 0 spiro atoms. The molecule has 1 aliphatic rings. The van der Waals surface area contributed by atoms with Gasteiger partial charge >= 0.3 is 5.97 Å². The zero-order chi connectivity index (χ0) is 18.7. The number of esters is 1. The second-order valence-corrected chi connectivity index (χ2v) is 7.09. The van der Waals surface area contributed by atoms with Crippen LogP contribution in [0.15, 0.2) is 47.4 Å². The van der Waals surface area contributed by atoms with Gasteiger partial charge in [-0.1, -0.05) is 0 Å². The molecule has 1 atom stereocenters.